The van der Waals surface area contributed by atoms with Crippen LogP contribution in [0.2, 0.25) is 0 Å². The van der Waals surface area contributed by atoms with Crippen LogP contribution in [0.15, 0.2) is 0 Å². The highest BCUT2D eigenvalue weighted by Gasteiger charge is 2.27. The molecule has 0 aromatic carbocycles. The van der Waals surface area contributed by atoms with Crippen molar-refractivity contribution in [3.63, 3.8) is 0 Å². The minimum Gasteiger partial charge on any atom is -0.356 e. The topological polar surface area (TPSA) is 87.3 Å². The number of rotatable bonds is 16. The summed E-state index contributed by atoms with van der Waals surface area (Å²) < 4.78 is 0. The van der Waals surface area contributed by atoms with Crippen LogP contribution in [0.5, 0.6) is 0 Å². The van der Waals surface area contributed by atoms with Crippen LogP contribution in [0.4, 0.5) is 0 Å². The summed E-state index contributed by atoms with van der Waals surface area (Å²) in [5.74, 6) is 0.0963. The van der Waals surface area contributed by atoms with Gasteiger partial charge in [0, 0.05) is 39.4 Å². The maximum absolute atomic E-state index is 11.2. The van der Waals surface area contributed by atoms with Gasteiger partial charge in [-0.25, -0.2) is 0 Å². The smallest absolute Gasteiger partial charge is 0.217 e. The molecule has 0 bridgehead atoms. The molecule has 0 aliphatic heterocycles. The molecule has 6 nitrogen and oxygen atoms in total. The Bertz CT molecular complexity index is 466. The Morgan fingerprint density at radius 1 is 0.724 bits per heavy atom. The van der Waals surface area contributed by atoms with Crippen molar-refractivity contribution in [1.82, 2.24) is 16.0 Å². The van der Waals surface area contributed by atoms with Gasteiger partial charge in [0.15, 0.2) is 0 Å². The van der Waals surface area contributed by atoms with E-state index in [1.807, 2.05) is 0 Å². The number of nitrogens with one attached hydrogen (secondary N) is 3. The molecule has 0 saturated carbocycles. The first-order valence-electron chi connectivity index (χ1n) is 11.4. The van der Waals surface area contributed by atoms with E-state index < -0.39 is 0 Å². The first kappa shape index (κ1) is 27.4. The van der Waals surface area contributed by atoms with Gasteiger partial charge < -0.3 is 16.0 Å². The summed E-state index contributed by atoms with van der Waals surface area (Å²) in [5.41, 5.74) is 0.294. The van der Waals surface area contributed by atoms with Crippen molar-refractivity contribution in [2.45, 2.75) is 118 Å². The van der Waals surface area contributed by atoms with Crippen molar-refractivity contribution in [1.29, 1.82) is 0 Å². The highest BCUT2D eigenvalue weighted by atomic mass is 16.2. The third kappa shape index (κ3) is 15.0. The Balaban J connectivity index is 4.67. The van der Waals surface area contributed by atoms with Gasteiger partial charge in [-0.1, -0.05) is 32.6 Å². The van der Waals surface area contributed by atoms with Crippen molar-refractivity contribution < 1.29 is 14.4 Å². The zero-order chi connectivity index (χ0) is 22.3. The van der Waals surface area contributed by atoms with E-state index in [9.17, 15) is 14.4 Å². The zero-order valence-corrected chi connectivity index (χ0v) is 19.7. The van der Waals surface area contributed by atoms with Gasteiger partial charge in [-0.2, -0.15) is 0 Å². The first-order valence-corrected chi connectivity index (χ1v) is 11.4. The minimum absolute atomic E-state index is 0.0317. The molecule has 0 saturated heterocycles. The summed E-state index contributed by atoms with van der Waals surface area (Å²) >= 11 is 0. The fourth-order valence-corrected chi connectivity index (χ4v) is 4.20. The number of carbonyl (C=O) groups excluding carboxylic acids is 3. The standard InChI is InChI=1S/C23H45N3O3/c1-7-23(14-8-9-17-24-20(4)27,15-10-12-18(2)25-21(5)28)16-11-13-19(3)26-22(6)29/h18-19H,7-17H2,1-6H3,(H,24,27)(H,25,28)(H,26,29). The van der Waals surface area contributed by atoms with E-state index in [-0.39, 0.29) is 29.8 Å². The Labute approximate surface area is 178 Å². The van der Waals surface area contributed by atoms with Crippen molar-refractivity contribution in [2.24, 2.45) is 5.41 Å². The second-order valence-corrected chi connectivity index (χ2v) is 8.78. The van der Waals surface area contributed by atoms with Crippen LogP contribution in [0.1, 0.15) is 106 Å². The summed E-state index contributed by atoms with van der Waals surface area (Å²) in [5, 5.41) is 8.83. The van der Waals surface area contributed by atoms with Crippen LogP contribution < -0.4 is 16.0 Å². The fraction of sp³-hybridized carbons (Fsp3) is 0.870. The van der Waals surface area contributed by atoms with Gasteiger partial charge in [-0.15, -0.1) is 0 Å². The third-order valence-corrected chi connectivity index (χ3v) is 5.85. The lowest BCUT2D eigenvalue weighted by molar-refractivity contribution is -0.120. The molecule has 6 heteroatoms. The van der Waals surface area contributed by atoms with Crippen molar-refractivity contribution >= 4 is 17.7 Å². The van der Waals surface area contributed by atoms with E-state index in [0.29, 0.717) is 5.41 Å². The molecule has 29 heavy (non-hydrogen) atoms. The van der Waals surface area contributed by atoms with E-state index >= 15 is 0 Å². The van der Waals surface area contributed by atoms with Gasteiger partial charge in [-0.3, -0.25) is 14.4 Å². The largest absolute Gasteiger partial charge is 0.356 e. The number of unbranched alkanes of at least 4 members (excludes halogenated alkanes) is 1. The Hall–Kier alpha value is -1.59. The van der Waals surface area contributed by atoms with Crippen molar-refractivity contribution in [3.8, 4) is 0 Å². The SMILES string of the molecule is CCC(CCCCNC(C)=O)(CCCC(C)NC(C)=O)CCCC(C)NC(C)=O. The lowest BCUT2D eigenvalue weighted by atomic mass is 9.72. The Morgan fingerprint density at radius 3 is 1.55 bits per heavy atom. The maximum Gasteiger partial charge on any atom is 0.217 e. The fourth-order valence-electron chi connectivity index (χ4n) is 4.20. The van der Waals surface area contributed by atoms with Gasteiger partial charge in [-0.05, 0) is 57.8 Å². The lowest BCUT2D eigenvalue weighted by Gasteiger charge is -2.34. The van der Waals surface area contributed by atoms with Crippen LogP contribution in [-0.4, -0.2) is 36.3 Å². The van der Waals surface area contributed by atoms with Crippen LogP contribution >= 0.6 is 0 Å². The van der Waals surface area contributed by atoms with Crippen LogP contribution in [0.3, 0.4) is 0 Å². The summed E-state index contributed by atoms with van der Waals surface area (Å²) in [4.78, 5) is 33.5. The molecule has 3 amide bonds. The minimum atomic E-state index is 0.0317. The van der Waals surface area contributed by atoms with E-state index in [1.54, 1.807) is 20.8 Å². The van der Waals surface area contributed by atoms with E-state index in [2.05, 4.69) is 36.7 Å². The van der Waals surface area contributed by atoms with Gasteiger partial charge in [0.1, 0.15) is 0 Å². The second-order valence-electron chi connectivity index (χ2n) is 8.78. The lowest BCUT2D eigenvalue weighted by Crippen LogP contribution is -2.31. The highest BCUT2D eigenvalue weighted by Crippen LogP contribution is 2.40. The molecule has 2 atom stereocenters. The molecular formula is C23H45N3O3. The normalized spacial score (nSPS) is 15.1. The van der Waals surface area contributed by atoms with Gasteiger partial charge in [0.25, 0.3) is 0 Å². The molecule has 0 fully saturated rings. The van der Waals surface area contributed by atoms with Gasteiger partial charge in [0.2, 0.25) is 17.7 Å². The second kappa shape index (κ2) is 15.3. The summed E-state index contributed by atoms with van der Waals surface area (Å²) in [6, 6.07) is 0.420. The molecule has 0 spiro atoms. The zero-order valence-electron chi connectivity index (χ0n) is 19.7. The molecular weight excluding hydrogens is 366 g/mol. The van der Waals surface area contributed by atoms with Gasteiger partial charge in [0.05, 0.1) is 0 Å². The molecule has 0 aliphatic rings. The monoisotopic (exact) mass is 411 g/mol. The van der Waals surface area contributed by atoms with Crippen molar-refractivity contribution in [3.05, 3.63) is 0 Å². The maximum atomic E-state index is 11.2. The molecule has 0 heterocycles. The third-order valence-electron chi connectivity index (χ3n) is 5.85. The average molecular weight is 412 g/mol. The van der Waals surface area contributed by atoms with Crippen LogP contribution in [-0.2, 0) is 14.4 Å². The molecule has 0 rings (SSSR count). The average Bonchev–Trinajstić information content (AvgIpc) is 2.59. The molecule has 170 valence electrons. The van der Waals surface area contributed by atoms with Gasteiger partial charge >= 0.3 is 0 Å². The summed E-state index contributed by atoms with van der Waals surface area (Å²) in [6.45, 7) is 11.9. The molecule has 0 radical (unpaired) electrons. The first-order chi connectivity index (χ1) is 13.6. The molecule has 0 aromatic rings. The van der Waals surface area contributed by atoms with E-state index in [1.165, 1.54) is 0 Å². The predicted molar refractivity (Wildman–Crippen MR) is 120 cm³/mol. The van der Waals surface area contributed by atoms with Crippen molar-refractivity contribution in [2.75, 3.05) is 6.54 Å². The van der Waals surface area contributed by atoms with E-state index in [0.717, 1.165) is 70.8 Å². The predicted octanol–water partition coefficient (Wildman–Crippen LogP) is 4.08. The number of amides is 3. The summed E-state index contributed by atoms with van der Waals surface area (Å²) in [7, 11) is 0. The summed E-state index contributed by atoms with van der Waals surface area (Å²) in [6.07, 6.45) is 10.9. The highest BCUT2D eigenvalue weighted by molar-refractivity contribution is 5.73. The number of hydrogen-bond acceptors (Lipinski definition) is 3. The molecule has 2 unspecified atom stereocenters. The molecule has 0 aromatic heterocycles. The molecule has 0 aliphatic carbocycles. The van der Waals surface area contributed by atoms with E-state index in [4.69, 9.17) is 0 Å². The molecule has 3 N–H and O–H groups in total. The quantitative estimate of drug-likeness (QED) is 0.334. The van der Waals surface area contributed by atoms with Crippen LogP contribution in [0, 0.1) is 5.41 Å². The van der Waals surface area contributed by atoms with Crippen LogP contribution in [0.25, 0.3) is 0 Å². The number of carbonyl (C=O) groups is 3. The Morgan fingerprint density at radius 2 is 1.17 bits per heavy atom. The Kier molecular flexibility index (Phi) is 14.4. The number of hydrogen-bond donors (Lipinski definition) is 3.